The molecule has 0 fully saturated rings. The van der Waals surface area contributed by atoms with E-state index in [1.807, 2.05) is 0 Å². The van der Waals surface area contributed by atoms with Gasteiger partial charge in [0.25, 0.3) is 0 Å². The molecule has 1 unspecified atom stereocenters. The molecule has 90 valence electrons. The van der Waals surface area contributed by atoms with Gasteiger partial charge in [-0.1, -0.05) is 0 Å². The van der Waals surface area contributed by atoms with Gasteiger partial charge in [-0.25, -0.2) is 0 Å². The topological polar surface area (TPSA) is 26.0 Å². The predicted molar refractivity (Wildman–Crippen MR) is 81.5 cm³/mol. The van der Waals surface area contributed by atoms with Crippen LogP contribution in [0.3, 0.4) is 0 Å². The van der Waals surface area contributed by atoms with Crippen molar-refractivity contribution in [3.63, 3.8) is 0 Å². The van der Waals surface area contributed by atoms with Crippen LogP contribution in [0.25, 0.3) is 0 Å². The average Bonchev–Trinajstić information content (AvgIpc) is 2.35. The maximum atomic E-state index is 5.87. The molecule has 2 N–H and O–H groups in total. The summed E-state index contributed by atoms with van der Waals surface area (Å²) in [4.78, 5) is 0. The zero-order valence-corrected chi connectivity index (χ0v) is 15.0. The summed E-state index contributed by atoms with van der Waals surface area (Å²) in [6.07, 6.45) is 3.17. The van der Waals surface area contributed by atoms with Gasteiger partial charge in [0.15, 0.2) is 0 Å². The van der Waals surface area contributed by atoms with Crippen molar-refractivity contribution in [1.29, 1.82) is 0 Å². The van der Waals surface area contributed by atoms with Crippen molar-refractivity contribution >= 4 is 50.0 Å². The molecule has 0 amide bonds. The van der Waals surface area contributed by atoms with Gasteiger partial charge in [0.05, 0.1) is 0 Å². The Morgan fingerprint density at radius 1 is 1.19 bits per heavy atom. The first kappa shape index (κ1) is 19.0. The van der Waals surface area contributed by atoms with E-state index in [0.29, 0.717) is 0 Å². The van der Waals surface area contributed by atoms with Crippen LogP contribution in [0.4, 0.5) is 0 Å². The van der Waals surface area contributed by atoms with Crippen molar-refractivity contribution in [2.45, 2.75) is 24.3 Å². The molecule has 1 atom stereocenters. The molecule has 0 saturated carbocycles. The summed E-state index contributed by atoms with van der Waals surface area (Å²) in [5, 5.41) is 0. The molecule has 0 saturated heterocycles. The molecule has 0 spiro atoms. The van der Waals surface area contributed by atoms with Gasteiger partial charge in [0, 0.05) is 0 Å². The van der Waals surface area contributed by atoms with Gasteiger partial charge in [-0.3, -0.25) is 0 Å². The molecular weight excluding hydrogens is 341 g/mol. The quantitative estimate of drug-likeness (QED) is 0.656. The molecule has 0 aliphatic carbocycles. The standard InChI is InChI=1S/C8H10N.C2H5.2CH4S.Sn/c1-7(9)8-5-3-2-4-6-8;3*1-2;/h2-5,7H,9H2,1H3;1H2,2H3;2*2H,1H3;/q;;;;+2/p-2. The van der Waals surface area contributed by atoms with Crippen molar-refractivity contribution in [2.75, 3.05) is 12.5 Å². The molecule has 0 aliphatic heterocycles. The fourth-order valence-corrected chi connectivity index (χ4v) is 4.41. The number of nitrogens with two attached hydrogens (primary N) is 1. The number of rotatable bonds is 3. The van der Waals surface area contributed by atoms with Crippen LogP contribution in [0.5, 0.6) is 0 Å². The minimum Gasteiger partial charge on any atom is -0.796 e. The van der Waals surface area contributed by atoms with Crippen LogP contribution < -0.4 is 9.31 Å². The Balaban J connectivity index is 0. The van der Waals surface area contributed by atoms with Crippen LogP contribution in [0.1, 0.15) is 25.5 Å². The summed E-state index contributed by atoms with van der Waals surface area (Å²) in [6, 6.07) is 8.81. The van der Waals surface area contributed by atoms with Gasteiger partial charge in [-0.2, -0.15) is 12.5 Å². The van der Waals surface area contributed by atoms with E-state index < -0.39 is 0 Å². The summed E-state index contributed by atoms with van der Waals surface area (Å²) in [7, 11) is 0. The summed E-state index contributed by atoms with van der Waals surface area (Å²) in [5.74, 6) is 0. The van der Waals surface area contributed by atoms with Crippen LogP contribution in [-0.4, -0.2) is 33.7 Å². The Kier molecular flexibility index (Phi) is 16.3. The van der Waals surface area contributed by atoms with Gasteiger partial charge in [0.2, 0.25) is 0 Å². The van der Waals surface area contributed by atoms with Crippen LogP contribution >= 0.6 is 0 Å². The van der Waals surface area contributed by atoms with E-state index in [0.717, 1.165) is 0 Å². The van der Waals surface area contributed by atoms with Crippen LogP contribution in [-0.2, 0) is 25.3 Å². The van der Waals surface area contributed by atoms with Gasteiger partial charge in [-0.05, 0) is 0 Å². The summed E-state index contributed by atoms with van der Waals surface area (Å²) < 4.78 is 2.92. The molecule has 0 radical (unpaired) electrons. The molecule has 16 heavy (non-hydrogen) atoms. The second kappa shape index (κ2) is 13.7. The third-order valence-corrected chi connectivity index (χ3v) is 5.21. The van der Waals surface area contributed by atoms with Crippen LogP contribution in [0, 0.1) is 0 Å². The monoisotopic (exact) mass is 363 g/mol. The molecule has 1 nitrogen and oxygen atoms in total. The van der Waals surface area contributed by atoms with E-state index in [-0.39, 0.29) is 27.2 Å². The maximum Gasteiger partial charge on any atom is -0.189 e. The Hall–Kier alpha value is 0.679. The molecule has 0 aliphatic rings. The minimum atomic E-state index is -0.319. The summed E-state index contributed by atoms with van der Waals surface area (Å²) in [6.45, 7) is 4.33. The first-order valence-corrected chi connectivity index (χ1v) is 10.2. The largest absolute Gasteiger partial charge is 0.796 e. The minimum absolute atomic E-state index is 0.202. The molecule has 1 aromatic carbocycles. The second-order valence-corrected chi connectivity index (χ2v) is 7.47. The zero-order valence-electron chi connectivity index (χ0n) is 10.5. The van der Waals surface area contributed by atoms with Crippen LogP contribution in [0.15, 0.2) is 24.3 Å². The van der Waals surface area contributed by atoms with E-state index in [2.05, 4.69) is 63.4 Å². The molecular formula is C12H21NS2Sn. The molecule has 0 bridgehead atoms. The van der Waals surface area contributed by atoms with Crippen molar-refractivity contribution < 1.29 is 0 Å². The van der Waals surface area contributed by atoms with Gasteiger partial charge >= 0.3 is 84.6 Å². The molecule has 0 aromatic heterocycles. The maximum absolute atomic E-state index is 5.87. The Bertz CT molecular complexity index is 255. The molecule has 1 aromatic rings. The zero-order chi connectivity index (χ0) is 13.0. The molecule has 1 rings (SSSR count). The first-order chi connectivity index (χ1) is 7.75. The third kappa shape index (κ3) is 7.87. The van der Waals surface area contributed by atoms with Gasteiger partial charge in [-0.15, -0.1) is 0 Å². The van der Waals surface area contributed by atoms with E-state index >= 15 is 0 Å². The Morgan fingerprint density at radius 3 is 2.12 bits per heavy atom. The van der Waals surface area contributed by atoms with E-state index in [9.17, 15) is 0 Å². The average molecular weight is 362 g/mol. The third-order valence-electron chi connectivity index (χ3n) is 1.82. The van der Waals surface area contributed by atoms with Crippen LogP contribution in [0.2, 0.25) is 4.44 Å². The van der Waals surface area contributed by atoms with Crippen molar-refractivity contribution in [3.05, 3.63) is 29.8 Å². The van der Waals surface area contributed by atoms with Crippen molar-refractivity contribution in [1.82, 2.24) is 0 Å². The smallest absolute Gasteiger partial charge is 0.189 e. The Labute approximate surface area is 122 Å². The summed E-state index contributed by atoms with van der Waals surface area (Å²) >= 11 is 7.85. The van der Waals surface area contributed by atoms with Gasteiger partial charge < -0.3 is 25.3 Å². The number of hydrogen-bond acceptors (Lipinski definition) is 3. The van der Waals surface area contributed by atoms with E-state index in [4.69, 9.17) is 5.73 Å². The van der Waals surface area contributed by atoms with E-state index in [1.165, 1.54) is 10.0 Å². The second-order valence-electron chi connectivity index (χ2n) is 2.91. The summed E-state index contributed by atoms with van der Waals surface area (Å²) in [5.41, 5.74) is 7.24. The number of benzene rings is 1. The van der Waals surface area contributed by atoms with Crippen molar-refractivity contribution in [2.24, 2.45) is 5.73 Å². The number of hydrogen-bond donors (Lipinski definition) is 1. The fourth-order valence-electron chi connectivity index (χ4n) is 1.25. The SMILES string of the molecule is C[CH2][Sn+2][c]1ccccc1C(C)N.C[S-].C[S-]. The fraction of sp³-hybridized carbons (Fsp3) is 0.500. The van der Waals surface area contributed by atoms with Gasteiger partial charge in [0.1, 0.15) is 0 Å². The van der Waals surface area contributed by atoms with E-state index in [1.54, 1.807) is 16.1 Å². The predicted octanol–water partition coefficient (Wildman–Crippen LogP) is 1.80. The Morgan fingerprint density at radius 2 is 1.69 bits per heavy atom. The normalized spacial score (nSPS) is 9.94. The van der Waals surface area contributed by atoms with Crippen molar-refractivity contribution in [3.8, 4) is 0 Å². The molecule has 4 heteroatoms. The molecule has 0 heterocycles. The first-order valence-electron chi connectivity index (χ1n) is 5.15.